The van der Waals surface area contributed by atoms with E-state index in [4.69, 9.17) is 9.72 Å². The van der Waals surface area contributed by atoms with Crippen LogP contribution in [-0.2, 0) is 11.2 Å². The first-order valence-corrected chi connectivity index (χ1v) is 12.0. The molecule has 8 heteroatoms. The Labute approximate surface area is 179 Å². The fourth-order valence-corrected chi connectivity index (χ4v) is 5.70. The molecule has 0 spiro atoms. The number of rotatable bonds is 5. The lowest BCUT2D eigenvalue weighted by Crippen LogP contribution is -2.33. The van der Waals surface area contributed by atoms with Crippen LogP contribution in [0.15, 0.2) is 39.1 Å². The van der Waals surface area contributed by atoms with Gasteiger partial charge in [0.1, 0.15) is 5.75 Å². The average Bonchev–Trinajstić information content (AvgIpc) is 3.05. The zero-order valence-corrected chi connectivity index (χ0v) is 18.2. The molecular formula is C21H25N3O3S2. The van der Waals surface area contributed by atoms with Crippen LogP contribution in [-0.4, -0.2) is 52.1 Å². The van der Waals surface area contributed by atoms with E-state index in [0.717, 1.165) is 43.8 Å². The first-order valence-electron chi connectivity index (χ1n) is 10.0. The number of hydrogen-bond acceptors (Lipinski definition) is 6. The smallest absolute Gasteiger partial charge is 0.272 e. The molecule has 29 heavy (non-hydrogen) atoms. The highest BCUT2D eigenvalue weighted by Gasteiger charge is 2.25. The third-order valence-corrected chi connectivity index (χ3v) is 7.31. The molecule has 1 aromatic carbocycles. The monoisotopic (exact) mass is 431 g/mol. The van der Waals surface area contributed by atoms with Crippen molar-refractivity contribution in [3.8, 4) is 11.4 Å². The van der Waals surface area contributed by atoms with Gasteiger partial charge in [0.2, 0.25) is 5.91 Å². The van der Waals surface area contributed by atoms with Gasteiger partial charge in [-0.2, -0.15) is 0 Å². The van der Waals surface area contributed by atoms with Crippen LogP contribution in [0.1, 0.15) is 31.4 Å². The molecule has 1 saturated heterocycles. The fourth-order valence-electron chi connectivity index (χ4n) is 3.75. The number of ether oxygens (including phenoxy) is 1. The van der Waals surface area contributed by atoms with Gasteiger partial charge >= 0.3 is 0 Å². The summed E-state index contributed by atoms with van der Waals surface area (Å²) in [5, 5.41) is 0.559. The number of likely N-dealkylation sites (tertiary alicyclic amines) is 1. The fraction of sp³-hybridized carbons (Fsp3) is 0.476. The number of para-hydroxylation sites is 2. The number of thioether (sulfide) groups is 2. The summed E-state index contributed by atoms with van der Waals surface area (Å²) in [6, 6.07) is 7.44. The van der Waals surface area contributed by atoms with Gasteiger partial charge in [-0.3, -0.25) is 14.2 Å². The highest BCUT2D eigenvalue weighted by molar-refractivity contribution is 8.00. The normalized spacial score (nSPS) is 16.4. The number of amides is 1. The minimum Gasteiger partial charge on any atom is -0.495 e. The molecule has 0 aliphatic carbocycles. The predicted octanol–water partition coefficient (Wildman–Crippen LogP) is 3.38. The molecule has 4 rings (SSSR count). The summed E-state index contributed by atoms with van der Waals surface area (Å²) in [6.45, 7) is 1.65. The Bertz CT molecular complexity index is 953. The van der Waals surface area contributed by atoms with E-state index in [1.807, 2.05) is 29.2 Å². The van der Waals surface area contributed by atoms with Crippen molar-refractivity contribution in [1.82, 2.24) is 14.5 Å². The van der Waals surface area contributed by atoms with Crippen LogP contribution in [0.3, 0.4) is 0 Å². The molecule has 0 N–H and O–H groups in total. The molecule has 0 radical (unpaired) electrons. The van der Waals surface area contributed by atoms with Gasteiger partial charge in [-0.15, -0.1) is 11.8 Å². The second-order valence-corrected chi connectivity index (χ2v) is 9.21. The molecule has 0 unspecified atom stereocenters. The highest BCUT2D eigenvalue weighted by atomic mass is 32.2. The predicted molar refractivity (Wildman–Crippen MR) is 117 cm³/mol. The summed E-state index contributed by atoms with van der Waals surface area (Å²) < 4.78 is 7.09. The van der Waals surface area contributed by atoms with E-state index in [1.165, 1.54) is 24.6 Å². The number of fused-ring (bicyclic) bond motifs is 1. The number of carbonyl (C=O) groups excluding carboxylic acids is 1. The molecule has 2 aliphatic rings. The van der Waals surface area contributed by atoms with Crippen molar-refractivity contribution in [3.05, 3.63) is 40.3 Å². The summed E-state index contributed by atoms with van der Waals surface area (Å²) in [4.78, 5) is 33.5. The molecule has 2 aliphatic heterocycles. The number of benzene rings is 1. The molecule has 0 saturated carbocycles. The van der Waals surface area contributed by atoms with Crippen LogP contribution in [0, 0.1) is 0 Å². The van der Waals surface area contributed by atoms with Gasteiger partial charge < -0.3 is 9.64 Å². The standard InChI is InChI=1S/C21H25N3O3S2/c1-27-17-9-5-4-8-16(17)24-20(26)19-15(10-13-28-19)22-21(24)29-14-18(25)23-11-6-2-3-7-12-23/h4-5,8-9H,2-3,6-7,10-14H2,1H3. The minimum atomic E-state index is -0.0771. The quantitative estimate of drug-likeness (QED) is 0.534. The first-order chi connectivity index (χ1) is 14.2. The largest absolute Gasteiger partial charge is 0.495 e. The Morgan fingerprint density at radius 1 is 1.21 bits per heavy atom. The third kappa shape index (κ3) is 4.33. The van der Waals surface area contributed by atoms with Crippen LogP contribution >= 0.6 is 23.5 Å². The minimum absolute atomic E-state index is 0.0771. The van der Waals surface area contributed by atoms with E-state index in [1.54, 1.807) is 23.4 Å². The third-order valence-electron chi connectivity index (χ3n) is 5.28. The van der Waals surface area contributed by atoms with Crippen LogP contribution in [0.5, 0.6) is 5.75 Å². The van der Waals surface area contributed by atoms with Gasteiger partial charge in [-0.25, -0.2) is 4.98 Å². The zero-order chi connectivity index (χ0) is 20.2. The maximum Gasteiger partial charge on any atom is 0.272 e. The lowest BCUT2D eigenvalue weighted by molar-refractivity contribution is -0.128. The van der Waals surface area contributed by atoms with Gasteiger partial charge in [-0.05, 0) is 25.0 Å². The molecule has 0 atom stereocenters. The topological polar surface area (TPSA) is 64.4 Å². The summed E-state index contributed by atoms with van der Waals surface area (Å²) >= 11 is 2.90. The first kappa shape index (κ1) is 20.3. The Hall–Kier alpha value is -1.93. The molecule has 3 heterocycles. The van der Waals surface area contributed by atoms with Crippen molar-refractivity contribution < 1.29 is 9.53 Å². The van der Waals surface area contributed by atoms with Gasteiger partial charge in [0, 0.05) is 25.3 Å². The Morgan fingerprint density at radius 2 is 1.97 bits per heavy atom. The lowest BCUT2D eigenvalue weighted by atomic mass is 10.2. The molecule has 1 aromatic heterocycles. The molecule has 154 valence electrons. The average molecular weight is 432 g/mol. The Morgan fingerprint density at radius 3 is 2.72 bits per heavy atom. The molecule has 2 aromatic rings. The number of aryl methyl sites for hydroxylation is 1. The SMILES string of the molecule is COc1ccccc1-n1c(SCC(=O)N2CCCCCC2)nc2c(c1=O)SCC2. The van der Waals surface area contributed by atoms with E-state index >= 15 is 0 Å². The molecular weight excluding hydrogens is 406 g/mol. The van der Waals surface area contributed by atoms with E-state index in [9.17, 15) is 9.59 Å². The van der Waals surface area contributed by atoms with Gasteiger partial charge in [0.05, 0.1) is 29.1 Å². The number of methoxy groups -OCH3 is 1. The maximum atomic E-state index is 13.3. The number of hydrogen-bond donors (Lipinski definition) is 0. The molecule has 1 amide bonds. The van der Waals surface area contributed by atoms with Crippen molar-refractivity contribution in [3.63, 3.8) is 0 Å². The summed E-state index contributed by atoms with van der Waals surface area (Å²) in [6.07, 6.45) is 5.30. The van der Waals surface area contributed by atoms with Crippen LogP contribution < -0.4 is 10.3 Å². The molecule has 1 fully saturated rings. The maximum absolute atomic E-state index is 13.3. The van der Waals surface area contributed by atoms with Gasteiger partial charge in [0.15, 0.2) is 5.16 Å². The zero-order valence-electron chi connectivity index (χ0n) is 16.6. The van der Waals surface area contributed by atoms with Crippen LogP contribution in [0.2, 0.25) is 0 Å². The van der Waals surface area contributed by atoms with Crippen molar-refractivity contribution in [2.24, 2.45) is 0 Å². The van der Waals surface area contributed by atoms with Crippen LogP contribution in [0.4, 0.5) is 0 Å². The molecule has 6 nitrogen and oxygen atoms in total. The van der Waals surface area contributed by atoms with E-state index in [-0.39, 0.29) is 17.2 Å². The number of aromatic nitrogens is 2. The second-order valence-electron chi connectivity index (χ2n) is 7.16. The van der Waals surface area contributed by atoms with E-state index in [2.05, 4.69) is 0 Å². The van der Waals surface area contributed by atoms with Gasteiger partial charge in [-0.1, -0.05) is 36.7 Å². The van der Waals surface area contributed by atoms with Crippen molar-refractivity contribution in [1.29, 1.82) is 0 Å². The Balaban J connectivity index is 1.66. The summed E-state index contributed by atoms with van der Waals surface area (Å²) in [7, 11) is 1.59. The summed E-state index contributed by atoms with van der Waals surface area (Å²) in [5.41, 5.74) is 1.43. The lowest BCUT2D eigenvalue weighted by Gasteiger charge is -2.21. The van der Waals surface area contributed by atoms with Crippen molar-refractivity contribution in [2.75, 3.05) is 31.7 Å². The van der Waals surface area contributed by atoms with Crippen molar-refractivity contribution in [2.45, 2.75) is 42.2 Å². The second kappa shape index (κ2) is 9.26. The number of carbonyl (C=O) groups is 1. The van der Waals surface area contributed by atoms with Crippen LogP contribution in [0.25, 0.3) is 5.69 Å². The van der Waals surface area contributed by atoms with Gasteiger partial charge in [0.25, 0.3) is 5.56 Å². The summed E-state index contributed by atoms with van der Waals surface area (Å²) in [5.74, 6) is 1.88. The van der Waals surface area contributed by atoms with E-state index in [0.29, 0.717) is 21.5 Å². The number of nitrogens with zero attached hydrogens (tertiary/aromatic N) is 3. The van der Waals surface area contributed by atoms with Crippen molar-refractivity contribution >= 4 is 29.4 Å². The molecule has 0 bridgehead atoms. The van der Waals surface area contributed by atoms with E-state index < -0.39 is 0 Å². The highest BCUT2D eigenvalue weighted by Crippen LogP contribution is 2.32. The Kier molecular flexibility index (Phi) is 6.50.